The summed E-state index contributed by atoms with van der Waals surface area (Å²) in [5.41, 5.74) is 3.73. The largest absolute Gasteiger partial charge is 0.315 e. The predicted octanol–water partition coefficient (Wildman–Crippen LogP) is 1.10. The number of nitrogens with two attached hydrogens (primary N) is 1. The topological polar surface area (TPSA) is 53.6 Å². The summed E-state index contributed by atoms with van der Waals surface area (Å²) in [6, 6.07) is 10.5. The fourth-order valence-corrected chi connectivity index (χ4v) is 1.37. The van der Waals surface area contributed by atoms with Gasteiger partial charge in [0, 0.05) is 12.7 Å². The predicted molar refractivity (Wildman–Crippen MR) is 62.6 cm³/mol. The van der Waals surface area contributed by atoms with E-state index in [4.69, 9.17) is 5.84 Å². The zero-order valence-electron chi connectivity index (χ0n) is 8.85. The molecule has 2 rings (SSSR count). The molecule has 1 aromatic carbocycles. The first kappa shape index (κ1) is 9.98. The molecule has 0 saturated heterocycles. The number of para-hydroxylation sites is 1. The maximum absolute atomic E-state index is 5.46. The van der Waals surface area contributed by atoms with Gasteiger partial charge < -0.3 is 4.90 Å². The molecular weight excluding hydrogens is 188 g/mol. The summed E-state index contributed by atoms with van der Waals surface area (Å²) in [5.74, 6) is 6.19. The van der Waals surface area contributed by atoms with E-state index in [1.807, 2.05) is 42.3 Å². The van der Waals surface area contributed by atoms with Crippen LogP contribution in [-0.4, -0.2) is 19.0 Å². The van der Waals surface area contributed by atoms with Gasteiger partial charge in [0.25, 0.3) is 0 Å². The van der Waals surface area contributed by atoms with Gasteiger partial charge >= 0.3 is 0 Å². The lowest BCUT2D eigenvalue weighted by atomic mass is 10.3. The lowest BCUT2D eigenvalue weighted by molar-refractivity contribution is 0.932. The van der Waals surface area contributed by atoms with E-state index in [1.54, 1.807) is 0 Å². The average molecular weight is 204 g/mol. The number of rotatable bonds is 2. The summed E-state index contributed by atoms with van der Waals surface area (Å²) in [5, 5.41) is 0. The minimum absolute atomic E-state index is 0.460. The van der Waals surface area contributed by atoms with E-state index in [9.17, 15) is 0 Å². The highest BCUT2D eigenvalue weighted by Gasteiger charge is 2.22. The van der Waals surface area contributed by atoms with Crippen molar-refractivity contribution in [3.8, 4) is 0 Å². The molecule has 1 fully saturated rings. The normalized spacial score (nSPS) is 16.3. The van der Waals surface area contributed by atoms with Gasteiger partial charge in [-0.05, 0) is 25.0 Å². The number of hydrogen-bond donors (Lipinski definition) is 2. The Morgan fingerprint density at radius 2 is 2.07 bits per heavy atom. The highest BCUT2D eigenvalue weighted by molar-refractivity contribution is 5.95. The molecule has 4 nitrogen and oxygen atoms in total. The van der Waals surface area contributed by atoms with E-state index in [0.717, 1.165) is 11.6 Å². The molecule has 0 aliphatic heterocycles. The third-order valence-electron chi connectivity index (χ3n) is 2.44. The van der Waals surface area contributed by atoms with Gasteiger partial charge in [0.1, 0.15) is 0 Å². The number of nitrogens with zero attached hydrogens (tertiary/aromatic N) is 2. The molecule has 1 saturated carbocycles. The van der Waals surface area contributed by atoms with Crippen molar-refractivity contribution in [2.45, 2.75) is 18.9 Å². The van der Waals surface area contributed by atoms with Crippen LogP contribution < -0.4 is 16.2 Å². The second kappa shape index (κ2) is 4.31. The zero-order valence-corrected chi connectivity index (χ0v) is 8.85. The fraction of sp³-hybridized carbons (Fsp3) is 0.364. The Labute approximate surface area is 89.8 Å². The number of hydrogen-bond acceptors (Lipinski definition) is 2. The first-order valence-corrected chi connectivity index (χ1v) is 5.14. The van der Waals surface area contributed by atoms with Crippen LogP contribution in [0.5, 0.6) is 0 Å². The summed E-state index contributed by atoms with van der Waals surface area (Å²) >= 11 is 0. The van der Waals surface area contributed by atoms with E-state index in [-0.39, 0.29) is 0 Å². The summed E-state index contributed by atoms with van der Waals surface area (Å²) in [6.45, 7) is 0. The van der Waals surface area contributed by atoms with Crippen molar-refractivity contribution in [1.29, 1.82) is 0 Å². The van der Waals surface area contributed by atoms with Gasteiger partial charge in [-0.25, -0.2) is 10.8 Å². The van der Waals surface area contributed by atoms with Crippen LogP contribution in [0.3, 0.4) is 0 Å². The molecule has 1 aliphatic rings. The highest BCUT2D eigenvalue weighted by atomic mass is 15.4. The van der Waals surface area contributed by atoms with Gasteiger partial charge in [-0.3, -0.25) is 5.43 Å². The number of benzene rings is 1. The Bertz CT molecular complexity index is 343. The fourth-order valence-electron chi connectivity index (χ4n) is 1.37. The van der Waals surface area contributed by atoms with E-state index in [2.05, 4.69) is 10.4 Å². The molecular formula is C11H16N4. The molecule has 0 aromatic heterocycles. The smallest absolute Gasteiger partial charge is 0.212 e. The van der Waals surface area contributed by atoms with Crippen LogP contribution in [0.1, 0.15) is 12.8 Å². The Morgan fingerprint density at radius 3 is 2.60 bits per heavy atom. The molecule has 3 N–H and O–H groups in total. The molecule has 1 aliphatic carbocycles. The third-order valence-corrected chi connectivity index (χ3v) is 2.44. The van der Waals surface area contributed by atoms with Crippen LogP contribution in [0, 0.1) is 0 Å². The molecule has 4 heteroatoms. The molecule has 0 amide bonds. The van der Waals surface area contributed by atoms with Gasteiger partial charge in [0.2, 0.25) is 5.96 Å². The van der Waals surface area contributed by atoms with E-state index in [0.29, 0.717) is 6.04 Å². The summed E-state index contributed by atoms with van der Waals surface area (Å²) in [4.78, 5) is 6.45. The van der Waals surface area contributed by atoms with Gasteiger partial charge in [-0.1, -0.05) is 18.2 Å². The number of guanidine groups is 1. The quantitative estimate of drug-likeness (QED) is 0.328. The van der Waals surface area contributed by atoms with E-state index < -0.39 is 0 Å². The van der Waals surface area contributed by atoms with Gasteiger partial charge in [0.15, 0.2) is 0 Å². The Balaban J connectivity index is 2.14. The van der Waals surface area contributed by atoms with Crippen molar-refractivity contribution in [3.05, 3.63) is 30.3 Å². The molecule has 0 radical (unpaired) electrons. The van der Waals surface area contributed by atoms with Crippen LogP contribution in [0.25, 0.3) is 0 Å². The Morgan fingerprint density at radius 1 is 1.40 bits per heavy atom. The van der Waals surface area contributed by atoms with Crippen molar-refractivity contribution >= 4 is 11.6 Å². The van der Waals surface area contributed by atoms with Crippen molar-refractivity contribution in [2.75, 3.05) is 11.9 Å². The van der Waals surface area contributed by atoms with E-state index in [1.165, 1.54) is 12.8 Å². The minimum Gasteiger partial charge on any atom is -0.315 e. The van der Waals surface area contributed by atoms with E-state index >= 15 is 0 Å². The van der Waals surface area contributed by atoms with Crippen LogP contribution in [0.15, 0.2) is 35.3 Å². The average Bonchev–Trinajstić information content (AvgIpc) is 3.10. The second-order valence-corrected chi connectivity index (χ2v) is 3.72. The summed E-state index contributed by atoms with van der Waals surface area (Å²) < 4.78 is 0. The summed E-state index contributed by atoms with van der Waals surface area (Å²) in [7, 11) is 1.95. The van der Waals surface area contributed by atoms with Crippen LogP contribution in [-0.2, 0) is 0 Å². The Kier molecular flexibility index (Phi) is 2.87. The first-order valence-electron chi connectivity index (χ1n) is 5.14. The number of nitrogens with one attached hydrogen (secondary N) is 1. The van der Waals surface area contributed by atoms with Crippen LogP contribution >= 0.6 is 0 Å². The Hall–Kier alpha value is -1.55. The lowest BCUT2D eigenvalue weighted by Gasteiger charge is -2.20. The minimum atomic E-state index is 0.460. The zero-order chi connectivity index (χ0) is 10.7. The van der Waals surface area contributed by atoms with Crippen molar-refractivity contribution in [2.24, 2.45) is 10.8 Å². The highest BCUT2D eigenvalue weighted by Crippen LogP contribution is 2.24. The standard InChI is InChI=1S/C11H16N4/c1-15(10-5-3-2-4-6-10)11(14-12)13-9-7-8-9/h2-6,9H,7-8,12H2,1H3,(H,13,14). The second-order valence-electron chi connectivity index (χ2n) is 3.72. The molecule has 0 heterocycles. The third kappa shape index (κ3) is 2.47. The van der Waals surface area contributed by atoms with Crippen molar-refractivity contribution < 1.29 is 0 Å². The maximum atomic E-state index is 5.46. The molecule has 80 valence electrons. The maximum Gasteiger partial charge on any atom is 0.212 e. The SMILES string of the molecule is CN(C(=NC1CC1)NN)c1ccccc1. The first-order chi connectivity index (χ1) is 7.31. The molecule has 1 aromatic rings. The van der Waals surface area contributed by atoms with Crippen molar-refractivity contribution in [1.82, 2.24) is 5.43 Å². The molecule has 0 spiro atoms. The monoisotopic (exact) mass is 204 g/mol. The molecule has 0 atom stereocenters. The molecule has 0 bridgehead atoms. The van der Waals surface area contributed by atoms with Crippen molar-refractivity contribution in [3.63, 3.8) is 0 Å². The van der Waals surface area contributed by atoms with Crippen LogP contribution in [0.4, 0.5) is 5.69 Å². The molecule has 0 unspecified atom stereocenters. The van der Waals surface area contributed by atoms with Gasteiger partial charge in [0.05, 0.1) is 6.04 Å². The number of hydrazine groups is 1. The van der Waals surface area contributed by atoms with Gasteiger partial charge in [-0.2, -0.15) is 0 Å². The number of anilines is 1. The van der Waals surface area contributed by atoms with Crippen LogP contribution in [0.2, 0.25) is 0 Å². The molecule has 15 heavy (non-hydrogen) atoms. The lowest BCUT2D eigenvalue weighted by Crippen LogP contribution is -2.43. The summed E-state index contributed by atoms with van der Waals surface area (Å²) in [6.07, 6.45) is 2.35. The number of aliphatic imine (C=N–C) groups is 1. The van der Waals surface area contributed by atoms with Gasteiger partial charge in [-0.15, -0.1) is 0 Å².